The van der Waals surface area contributed by atoms with Crippen LogP contribution in [-0.4, -0.2) is 54.4 Å². The van der Waals surface area contributed by atoms with E-state index in [0.717, 1.165) is 26.2 Å². The molecular formula is C14H26N2O3. The first-order chi connectivity index (χ1) is 8.89. The van der Waals surface area contributed by atoms with Gasteiger partial charge in [-0.15, -0.1) is 0 Å². The standard InChI is InChI=1S/C14H26N2O3/c1-4-19-12(17)14(15)6-5-11(9-14)16-7-8-18-10-13(16,2)3/h11H,4-10,15H2,1-3H3. The molecule has 110 valence electrons. The third-order valence-electron chi connectivity index (χ3n) is 4.36. The van der Waals surface area contributed by atoms with Gasteiger partial charge in [0.05, 0.1) is 19.8 Å². The lowest BCUT2D eigenvalue weighted by Gasteiger charge is -2.46. The first-order valence-corrected chi connectivity index (χ1v) is 7.20. The molecule has 0 aromatic rings. The molecule has 1 saturated carbocycles. The largest absolute Gasteiger partial charge is 0.465 e. The topological polar surface area (TPSA) is 64.8 Å². The summed E-state index contributed by atoms with van der Waals surface area (Å²) < 4.78 is 10.7. The molecule has 2 N–H and O–H groups in total. The highest BCUT2D eigenvalue weighted by atomic mass is 16.5. The van der Waals surface area contributed by atoms with Crippen LogP contribution in [0, 0.1) is 0 Å². The monoisotopic (exact) mass is 270 g/mol. The number of carbonyl (C=O) groups is 1. The Bertz CT molecular complexity index is 346. The van der Waals surface area contributed by atoms with Crippen molar-refractivity contribution < 1.29 is 14.3 Å². The Morgan fingerprint density at radius 2 is 2.26 bits per heavy atom. The number of nitrogens with zero attached hydrogens (tertiary/aromatic N) is 1. The second-order valence-electron chi connectivity index (χ2n) is 6.33. The van der Waals surface area contributed by atoms with Crippen molar-refractivity contribution in [3.05, 3.63) is 0 Å². The van der Waals surface area contributed by atoms with Crippen LogP contribution in [0.2, 0.25) is 0 Å². The fraction of sp³-hybridized carbons (Fsp3) is 0.929. The maximum atomic E-state index is 12.0. The number of esters is 1. The predicted octanol–water partition coefficient (Wildman–Crippen LogP) is 0.910. The van der Waals surface area contributed by atoms with Gasteiger partial charge in [0.15, 0.2) is 0 Å². The summed E-state index contributed by atoms with van der Waals surface area (Å²) in [6, 6.07) is 0.355. The third kappa shape index (κ3) is 2.93. The smallest absolute Gasteiger partial charge is 0.326 e. The van der Waals surface area contributed by atoms with Crippen LogP contribution in [0.5, 0.6) is 0 Å². The number of morpholine rings is 1. The zero-order valence-electron chi connectivity index (χ0n) is 12.3. The van der Waals surface area contributed by atoms with Crippen molar-refractivity contribution in [3.63, 3.8) is 0 Å². The normalized spacial score (nSPS) is 35.3. The summed E-state index contributed by atoms with van der Waals surface area (Å²) in [6.07, 6.45) is 2.36. The summed E-state index contributed by atoms with van der Waals surface area (Å²) >= 11 is 0. The summed E-state index contributed by atoms with van der Waals surface area (Å²) in [5.41, 5.74) is 5.46. The van der Waals surface area contributed by atoms with Crippen LogP contribution in [0.1, 0.15) is 40.0 Å². The van der Waals surface area contributed by atoms with E-state index in [2.05, 4.69) is 18.7 Å². The van der Waals surface area contributed by atoms with Gasteiger partial charge in [-0.2, -0.15) is 0 Å². The van der Waals surface area contributed by atoms with E-state index in [1.807, 2.05) is 6.92 Å². The highest BCUT2D eigenvalue weighted by Gasteiger charge is 2.47. The molecule has 5 heteroatoms. The van der Waals surface area contributed by atoms with Crippen LogP contribution >= 0.6 is 0 Å². The Balaban J connectivity index is 2.03. The lowest BCUT2D eigenvalue weighted by atomic mass is 9.96. The molecule has 2 unspecified atom stereocenters. The molecule has 1 aliphatic heterocycles. The second kappa shape index (κ2) is 5.38. The number of nitrogens with two attached hydrogens (primary N) is 1. The number of ether oxygens (including phenoxy) is 2. The molecule has 0 aromatic heterocycles. The molecule has 0 bridgehead atoms. The number of hydrogen-bond acceptors (Lipinski definition) is 5. The summed E-state index contributed by atoms with van der Waals surface area (Å²) in [5, 5.41) is 0. The molecular weight excluding hydrogens is 244 g/mol. The van der Waals surface area contributed by atoms with E-state index < -0.39 is 5.54 Å². The van der Waals surface area contributed by atoms with Crippen molar-refractivity contribution in [1.29, 1.82) is 0 Å². The van der Waals surface area contributed by atoms with Crippen LogP contribution in [0.3, 0.4) is 0 Å². The molecule has 2 aliphatic rings. The van der Waals surface area contributed by atoms with E-state index in [0.29, 0.717) is 25.5 Å². The fourth-order valence-corrected chi connectivity index (χ4v) is 3.32. The highest BCUT2D eigenvalue weighted by molar-refractivity contribution is 5.81. The summed E-state index contributed by atoms with van der Waals surface area (Å²) in [6.45, 7) is 9.00. The van der Waals surface area contributed by atoms with E-state index in [4.69, 9.17) is 15.2 Å². The van der Waals surface area contributed by atoms with Crippen molar-refractivity contribution in [2.75, 3.05) is 26.4 Å². The van der Waals surface area contributed by atoms with Gasteiger partial charge in [0, 0.05) is 18.1 Å². The molecule has 19 heavy (non-hydrogen) atoms. The summed E-state index contributed by atoms with van der Waals surface area (Å²) in [7, 11) is 0. The number of hydrogen-bond donors (Lipinski definition) is 1. The minimum atomic E-state index is -0.797. The van der Waals surface area contributed by atoms with Gasteiger partial charge in [-0.3, -0.25) is 9.69 Å². The molecule has 0 spiro atoms. The van der Waals surface area contributed by atoms with Crippen molar-refractivity contribution in [2.24, 2.45) is 5.73 Å². The Hall–Kier alpha value is -0.650. The Kier molecular flexibility index (Phi) is 4.18. The number of rotatable bonds is 3. The second-order valence-corrected chi connectivity index (χ2v) is 6.33. The molecule has 0 amide bonds. The van der Waals surface area contributed by atoms with Gasteiger partial charge in [0.1, 0.15) is 5.54 Å². The van der Waals surface area contributed by atoms with Crippen LogP contribution in [0.4, 0.5) is 0 Å². The van der Waals surface area contributed by atoms with Gasteiger partial charge in [0.2, 0.25) is 0 Å². The van der Waals surface area contributed by atoms with E-state index in [1.54, 1.807) is 0 Å². The molecule has 0 radical (unpaired) electrons. The first kappa shape index (κ1) is 14.8. The van der Waals surface area contributed by atoms with Gasteiger partial charge in [-0.05, 0) is 40.0 Å². The van der Waals surface area contributed by atoms with Crippen molar-refractivity contribution in [1.82, 2.24) is 4.90 Å². The minimum Gasteiger partial charge on any atom is -0.465 e. The maximum Gasteiger partial charge on any atom is 0.326 e. The van der Waals surface area contributed by atoms with Gasteiger partial charge < -0.3 is 15.2 Å². The molecule has 1 heterocycles. The molecule has 2 fully saturated rings. The SMILES string of the molecule is CCOC(=O)C1(N)CCC(N2CCOCC2(C)C)C1. The van der Waals surface area contributed by atoms with E-state index in [9.17, 15) is 4.79 Å². The van der Waals surface area contributed by atoms with Crippen LogP contribution in [0.15, 0.2) is 0 Å². The van der Waals surface area contributed by atoms with Crippen LogP contribution in [-0.2, 0) is 14.3 Å². The van der Waals surface area contributed by atoms with E-state index in [1.165, 1.54) is 0 Å². The zero-order chi connectivity index (χ0) is 14.1. The summed E-state index contributed by atoms with van der Waals surface area (Å²) in [5.74, 6) is -0.247. The Morgan fingerprint density at radius 3 is 2.89 bits per heavy atom. The molecule has 2 rings (SSSR count). The van der Waals surface area contributed by atoms with E-state index >= 15 is 0 Å². The van der Waals surface area contributed by atoms with Gasteiger partial charge in [0.25, 0.3) is 0 Å². The minimum absolute atomic E-state index is 0.0167. The van der Waals surface area contributed by atoms with E-state index in [-0.39, 0.29) is 11.5 Å². The average Bonchev–Trinajstić information content (AvgIpc) is 2.73. The summed E-state index contributed by atoms with van der Waals surface area (Å²) in [4.78, 5) is 14.4. The number of carbonyl (C=O) groups excluding carboxylic acids is 1. The van der Waals surface area contributed by atoms with Crippen LogP contribution < -0.4 is 5.73 Å². The van der Waals surface area contributed by atoms with Crippen molar-refractivity contribution in [2.45, 2.75) is 57.2 Å². The molecule has 2 atom stereocenters. The van der Waals surface area contributed by atoms with Crippen molar-refractivity contribution >= 4 is 5.97 Å². The molecule has 1 saturated heterocycles. The lowest BCUT2D eigenvalue weighted by molar-refractivity contribution is -0.149. The Morgan fingerprint density at radius 1 is 1.53 bits per heavy atom. The molecule has 0 aromatic carbocycles. The fourth-order valence-electron chi connectivity index (χ4n) is 3.32. The zero-order valence-corrected chi connectivity index (χ0v) is 12.3. The quantitative estimate of drug-likeness (QED) is 0.772. The van der Waals surface area contributed by atoms with Crippen molar-refractivity contribution in [3.8, 4) is 0 Å². The highest BCUT2D eigenvalue weighted by Crippen LogP contribution is 2.36. The van der Waals surface area contributed by atoms with Crippen LogP contribution in [0.25, 0.3) is 0 Å². The molecule has 5 nitrogen and oxygen atoms in total. The maximum absolute atomic E-state index is 12.0. The van der Waals surface area contributed by atoms with Gasteiger partial charge in [-0.1, -0.05) is 0 Å². The van der Waals surface area contributed by atoms with Gasteiger partial charge in [-0.25, -0.2) is 0 Å². The lowest BCUT2D eigenvalue weighted by Crippen LogP contribution is -2.57. The first-order valence-electron chi connectivity index (χ1n) is 7.20. The van der Waals surface area contributed by atoms with Gasteiger partial charge >= 0.3 is 5.97 Å². The molecule has 1 aliphatic carbocycles. The average molecular weight is 270 g/mol. The third-order valence-corrected chi connectivity index (χ3v) is 4.36. The Labute approximate surface area is 115 Å². The predicted molar refractivity (Wildman–Crippen MR) is 72.8 cm³/mol.